The highest BCUT2D eigenvalue weighted by atomic mass is 32.1. The normalized spacial score (nSPS) is 16.0. The van der Waals surface area contributed by atoms with Crippen molar-refractivity contribution in [2.45, 2.75) is 129 Å². The largest absolute Gasteiger partial charge is 0.444 e. The molecule has 2 aliphatic rings. The van der Waals surface area contributed by atoms with E-state index in [1.165, 1.54) is 31.5 Å². The lowest BCUT2D eigenvalue weighted by Gasteiger charge is -2.34. The number of nitrogens with zero attached hydrogens (tertiary/aromatic N) is 4. The summed E-state index contributed by atoms with van der Waals surface area (Å²) in [5.41, 5.74) is 0.878. The fourth-order valence-electron chi connectivity index (χ4n) is 6.88. The number of aliphatic hydroxyl groups is 1. The summed E-state index contributed by atoms with van der Waals surface area (Å²) in [5, 5.41) is 17.5. The molecule has 0 aliphatic carbocycles. The van der Waals surface area contributed by atoms with Crippen molar-refractivity contribution in [2.24, 2.45) is 0 Å². The molecule has 0 spiro atoms. The number of carbonyl (C=O) groups is 3. The molecule has 6 rings (SSSR count). The van der Waals surface area contributed by atoms with E-state index in [-0.39, 0.29) is 46.4 Å². The predicted octanol–water partition coefficient (Wildman–Crippen LogP) is 10.1. The molecule has 3 N–H and O–H groups in total. The van der Waals surface area contributed by atoms with Crippen LogP contribution in [0.2, 0.25) is 0 Å². The van der Waals surface area contributed by atoms with Crippen molar-refractivity contribution in [3.8, 4) is 0 Å². The van der Waals surface area contributed by atoms with Crippen LogP contribution in [-0.4, -0.2) is 105 Å². The summed E-state index contributed by atoms with van der Waals surface area (Å²) in [6, 6.07) is 2.95. The van der Waals surface area contributed by atoms with Gasteiger partial charge in [0, 0.05) is 76.7 Å². The first-order chi connectivity index (χ1) is 28.3. The maximum Gasteiger partial charge on any atom is 0.410 e. The fourth-order valence-corrected chi connectivity index (χ4v) is 8.95. The predicted molar refractivity (Wildman–Crippen MR) is 224 cm³/mol. The van der Waals surface area contributed by atoms with Gasteiger partial charge in [-0.25, -0.2) is 19.6 Å². The van der Waals surface area contributed by atoms with Crippen molar-refractivity contribution < 1.29 is 55.3 Å². The Labute approximate surface area is 358 Å². The van der Waals surface area contributed by atoms with Gasteiger partial charge in [0.1, 0.15) is 20.9 Å². The zero-order valence-electron chi connectivity index (χ0n) is 35.1. The number of pyridine rings is 2. The van der Waals surface area contributed by atoms with Crippen LogP contribution < -0.4 is 10.6 Å². The Morgan fingerprint density at radius 1 is 0.705 bits per heavy atom. The average Bonchev–Trinajstić information content (AvgIpc) is 3.73. The highest BCUT2D eigenvalue weighted by molar-refractivity contribution is 7.19. The Balaban J connectivity index is 0.000000231. The van der Waals surface area contributed by atoms with Crippen LogP contribution in [0.25, 0.3) is 20.4 Å². The highest BCUT2D eigenvalue weighted by Crippen LogP contribution is 2.38. The number of rotatable bonds is 8. The minimum Gasteiger partial charge on any atom is -0.444 e. The van der Waals surface area contributed by atoms with Gasteiger partial charge in [-0.1, -0.05) is 0 Å². The quantitative estimate of drug-likeness (QED) is 0.115. The van der Waals surface area contributed by atoms with Crippen LogP contribution >= 0.6 is 22.7 Å². The van der Waals surface area contributed by atoms with Crippen molar-refractivity contribution in [1.82, 2.24) is 19.8 Å². The van der Waals surface area contributed by atoms with Crippen molar-refractivity contribution in [1.29, 1.82) is 0 Å². The molecular formula is C41H52F6N6O6S2. The number of hydrogen-bond donors (Lipinski definition) is 3. The van der Waals surface area contributed by atoms with Gasteiger partial charge in [0.2, 0.25) is 0 Å². The molecule has 0 aromatic carbocycles. The molecule has 2 amide bonds. The van der Waals surface area contributed by atoms with Crippen molar-refractivity contribution >= 4 is 72.5 Å². The SMILES string of the molecule is CC(=O)c1cnc2sc(CC(F)(F)F)cc2c1NC1CCN(C(=O)OC(C)(C)C)CC1.CC(C)(C)OC(=O)N1CCC(Nc2c(CO)cnc3sc(CC(F)(F)F)cc23)CC1. The Morgan fingerprint density at radius 2 is 1.10 bits per heavy atom. The lowest BCUT2D eigenvalue weighted by Crippen LogP contribution is -2.44. The lowest BCUT2D eigenvalue weighted by molar-refractivity contribution is -0.127. The number of amides is 2. The summed E-state index contributed by atoms with van der Waals surface area (Å²) >= 11 is 1.99. The molecule has 2 saturated heterocycles. The van der Waals surface area contributed by atoms with E-state index in [2.05, 4.69) is 20.6 Å². The van der Waals surface area contributed by atoms with E-state index in [0.717, 1.165) is 22.7 Å². The van der Waals surface area contributed by atoms with Crippen LogP contribution in [0.1, 0.15) is 99.8 Å². The van der Waals surface area contributed by atoms with E-state index >= 15 is 0 Å². The second-order valence-corrected chi connectivity index (χ2v) is 19.4. The molecule has 4 aromatic heterocycles. The van der Waals surface area contributed by atoms with Crippen molar-refractivity contribution in [3.63, 3.8) is 0 Å². The Bertz CT molecular complexity index is 2180. The first kappa shape index (κ1) is 47.6. The molecule has 6 heterocycles. The van der Waals surface area contributed by atoms with Crippen LogP contribution in [0.3, 0.4) is 0 Å². The molecular weight excluding hydrogens is 851 g/mol. The molecule has 2 aliphatic heterocycles. The van der Waals surface area contributed by atoms with E-state index in [0.29, 0.717) is 94.8 Å². The van der Waals surface area contributed by atoms with Crippen LogP contribution in [0.5, 0.6) is 0 Å². The van der Waals surface area contributed by atoms with Crippen LogP contribution in [0, 0.1) is 0 Å². The number of ether oxygens (including phenoxy) is 2. The van der Waals surface area contributed by atoms with Gasteiger partial charge in [-0.15, -0.1) is 22.7 Å². The third-order valence-corrected chi connectivity index (χ3v) is 11.7. The molecule has 336 valence electrons. The number of carbonyl (C=O) groups excluding carboxylic acids is 3. The molecule has 0 atom stereocenters. The van der Waals surface area contributed by atoms with Gasteiger partial charge in [-0.3, -0.25) is 4.79 Å². The molecule has 4 aromatic rings. The molecule has 0 unspecified atom stereocenters. The molecule has 20 heteroatoms. The van der Waals surface area contributed by atoms with E-state index in [1.54, 1.807) is 9.80 Å². The van der Waals surface area contributed by atoms with Crippen molar-refractivity contribution in [2.75, 3.05) is 36.8 Å². The number of likely N-dealkylation sites (tertiary alicyclic amines) is 2. The summed E-state index contributed by atoms with van der Waals surface area (Å²) < 4.78 is 87.6. The molecule has 12 nitrogen and oxygen atoms in total. The zero-order chi connectivity index (χ0) is 45.1. The second kappa shape index (κ2) is 18.9. The topological polar surface area (TPSA) is 146 Å². The standard InChI is InChI=1S/C21H26F3N3O3S.C20H26F3N3O3S/c1-12(28)16-11-25-18-15(9-14(31-18)10-21(22,23)24)17(16)26-13-5-7-27(8-6-13)19(29)30-20(2,3)4;1-19(2,3)29-18(28)26-6-4-13(5-7-26)25-16-12(11-27)10-24-17-15(16)8-14(30-17)9-20(21,22)23/h9,11,13H,5-8,10H2,1-4H3,(H,25,26);8,10,13,27H,4-7,9,11H2,1-3H3,(H,24,25). The van der Waals surface area contributed by atoms with E-state index in [9.17, 15) is 45.8 Å². The van der Waals surface area contributed by atoms with Gasteiger partial charge < -0.3 is 35.0 Å². The Kier molecular flexibility index (Phi) is 14.8. The Morgan fingerprint density at radius 3 is 1.48 bits per heavy atom. The van der Waals surface area contributed by atoms with Crippen LogP contribution in [-0.2, 0) is 28.9 Å². The number of Topliss-reactive ketones (excluding diaryl/α,β-unsaturated/α-hetero) is 1. The Hall–Kier alpha value is -4.43. The number of aliphatic hydroxyl groups excluding tert-OH is 1. The molecule has 0 bridgehead atoms. The second-order valence-electron chi connectivity index (χ2n) is 17.1. The number of thiophene rings is 2. The first-order valence-corrected chi connectivity index (χ1v) is 21.5. The number of anilines is 2. The highest BCUT2D eigenvalue weighted by Gasteiger charge is 2.33. The fraction of sp³-hybridized carbons (Fsp3) is 0.585. The molecule has 2 fully saturated rings. The van der Waals surface area contributed by atoms with Gasteiger partial charge >= 0.3 is 24.5 Å². The van der Waals surface area contributed by atoms with E-state index in [1.807, 2.05) is 41.5 Å². The first-order valence-electron chi connectivity index (χ1n) is 19.8. The number of piperidine rings is 2. The number of nitrogens with one attached hydrogen (secondary N) is 2. The van der Waals surface area contributed by atoms with Gasteiger partial charge in [-0.2, -0.15) is 26.3 Å². The summed E-state index contributed by atoms with van der Waals surface area (Å²) in [5.74, 6) is -0.216. The number of ketones is 1. The van der Waals surface area contributed by atoms with Crippen LogP contribution in [0.15, 0.2) is 24.5 Å². The monoisotopic (exact) mass is 902 g/mol. The van der Waals surface area contributed by atoms with Gasteiger partial charge in [0.05, 0.1) is 36.4 Å². The zero-order valence-corrected chi connectivity index (χ0v) is 36.7. The minimum atomic E-state index is -4.31. The molecule has 61 heavy (non-hydrogen) atoms. The number of alkyl halides is 6. The lowest BCUT2D eigenvalue weighted by atomic mass is 10.0. The molecule has 0 saturated carbocycles. The summed E-state index contributed by atoms with van der Waals surface area (Å²) in [6.07, 6.45) is -5.87. The summed E-state index contributed by atoms with van der Waals surface area (Å²) in [7, 11) is 0. The summed E-state index contributed by atoms with van der Waals surface area (Å²) in [6.45, 7) is 14.0. The van der Waals surface area contributed by atoms with Crippen LogP contribution in [0.4, 0.5) is 47.3 Å². The smallest absolute Gasteiger partial charge is 0.410 e. The third-order valence-electron chi connectivity index (χ3n) is 9.59. The average molecular weight is 903 g/mol. The van der Waals surface area contributed by atoms with Crippen molar-refractivity contribution in [3.05, 3.63) is 45.4 Å². The third kappa shape index (κ3) is 13.8. The maximum atomic E-state index is 12.8. The van der Waals surface area contributed by atoms with Gasteiger partial charge in [-0.05, 0) is 86.3 Å². The summed E-state index contributed by atoms with van der Waals surface area (Å²) in [4.78, 5) is 49.6. The van der Waals surface area contributed by atoms with Gasteiger partial charge in [0.25, 0.3) is 0 Å². The van der Waals surface area contributed by atoms with Gasteiger partial charge in [0.15, 0.2) is 5.78 Å². The number of aromatic nitrogens is 2. The number of halogens is 6. The number of hydrogen-bond acceptors (Lipinski definition) is 12. The van der Waals surface area contributed by atoms with E-state index < -0.39 is 36.4 Å². The number of fused-ring (bicyclic) bond motifs is 2. The molecule has 0 radical (unpaired) electrons. The van der Waals surface area contributed by atoms with E-state index in [4.69, 9.17) is 9.47 Å². The minimum absolute atomic E-state index is 0.0190. The maximum absolute atomic E-state index is 12.8.